The molecule has 1 aliphatic rings. The van der Waals surface area contributed by atoms with Gasteiger partial charge in [0.05, 0.1) is 5.56 Å². The average molecular weight is 296 g/mol. The van der Waals surface area contributed by atoms with E-state index in [1.165, 1.54) is 6.07 Å². The van der Waals surface area contributed by atoms with Crippen LogP contribution in [0.3, 0.4) is 0 Å². The number of nitrogens with one attached hydrogen (secondary N) is 2. The first-order valence-corrected chi connectivity index (χ1v) is 6.85. The molecule has 1 aromatic heterocycles. The quantitative estimate of drug-likeness (QED) is 0.889. The zero-order chi connectivity index (χ0) is 14.9. The molecule has 2 N–H and O–H groups in total. The van der Waals surface area contributed by atoms with Crippen molar-refractivity contribution in [2.75, 3.05) is 11.9 Å². The molecule has 0 amide bonds. The molecule has 1 heterocycles. The predicted molar refractivity (Wildman–Crippen MR) is 72.0 cm³/mol. The van der Waals surface area contributed by atoms with Gasteiger partial charge in [-0.2, -0.15) is 18.3 Å². The summed E-state index contributed by atoms with van der Waals surface area (Å²) >= 11 is 0. The number of nitrogens with zero attached hydrogens (tertiary/aromatic N) is 2. The van der Waals surface area contributed by atoms with E-state index in [1.54, 1.807) is 6.07 Å². The van der Waals surface area contributed by atoms with Crippen LogP contribution in [0.15, 0.2) is 24.3 Å². The maximum Gasteiger partial charge on any atom is 0.416 e. The second-order valence-electron chi connectivity index (χ2n) is 5.17. The molecule has 2 aromatic rings. The van der Waals surface area contributed by atoms with Gasteiger partial charge in [-0.15, -0.1) is 0 Å². The van der Waals surface area contributed by atoms with Crippen LogP contribution in [0.5, 0.6) is 0 Å². The summed E-state index contributed by atoms with van der Waals surface area (Å²) in [5.41, 5.74) is -0.199. The van der Waals surface area contributed by atoms with E-state index >= 15 is 0 Å². The molecule has 112 valence electrons. The summed E-state index contributed by atoms with van der Waals surface area (Å²) < 4.78 is 37.8. The summed E-state index contributed by atoms with van der Waals surface area (Å²) in [5.74, 6) is 2.10. The topological polar surface area (TPSA) is 53.6 Å². The van der Waals surface area contributed by atoms with Gasteiger partial charge in [0.2, 0.25) is 0 Å². The van der Waals surface area contributed by atoms with Crippen molar-refractivity contribution >= 4 is 5.69 Å². The van der Waals surface area contributed by atoms with Crippen molar-refractivity contribution in [1.82, 2.24) is 15.2 Å². The monoisotopic (exact) mass is 296 g/mol. The Morgan fingerprint density at radius 2 is 2.10 bits per heavy atom. The van der Waals surface area contributed by atoms with Crippen LogP contribution in [0.25, 0.3) is 0 Å². The number of hydrogen-bond acceptors (Lipinski definition) is 3. The van der Waals surface area contributed by atoms with Crippen molar-refractivity contribution in [1.29, 1.82) is 0 Å². The van der Waals surface area contributed by atoms with Gasteiger partial charge in [-0.3, -0.25) is 5.10 Å². The maximum absolute atomic E-state index is 12.6. The normalized spacial score (nSPS) is 15.2. The number of benzene rings is 1. The highest BCUT2D eigenvalue weighted by Gasteiger charge is 2.30. The number of halogens is 3. The number of aromatic nitrogens is 3. The molecule has 0 spiro atoms. The molecule has 1 aliphatic carbocycles. The van der Waals surface area contributed by atoms with Crippen LogP contribution < -0.4 is 5.32 Å². The number of anilines is 1. The zero-order valence-electron chi connectivity index (χ0n) is 11.2. The molecular weight excluding hydrogens is 281 g/mol. The first-order chi connectivity index (χ1) is 10.0. The molecule has 0 saturated heterocycles. The van der Waals surface area contributed by atoms with Gasteiger partial charge in [0.1, 0.15) is 5.82 Å². The van der Waals surface area contributed by atoms with Crippen molar-refractivity contribution in [3.63, 3.8) is 0 Å². The minimum absolute atomic E-state index is 0.451. The Morgan fingerprint density at radius 1 is 1.29 bits per heavy atom. The minimum atomic E-state index is -4.32. The van der Waals surface area contributed by atoms with Crippen LogP contribution in [0.2, 0.25) is 0 Å². The second kappa shape index (κ2) is 5.38. The standard InChI is InChI=1S/C14H15F3N4/c15-14(16,17)10-2-1-3-11(8-10)18-7-6-12-19-13(21-20-12)9-4-5-9/h1-3,8-9,18H,4-7H2,(H,19,20,21). The lowest BCUT2D eigenvalue weighted by atomic mass is 10.2. The molecule has 1 fully saturated rings. The van der Waals surface area contributed by atoms with Crippen molar-refractivity contribution < 1.29 is 13.2 Å². The van der Waals surface area contributed by atoms with Crippen molar-refractivity contribution in [2.24, 2.45) is 0 Å². The molecule has 1 saturated carbocycles. The van der Waals surface area contributed by atoms with E-state index in [-0.39, 0.29) is 0 Å². The van der Waals surface area contributed by atoms with E-state index in [2.05, 4.69) is 20.5 Å². The lowest BCUT2D eigenvalue weighted by molar-refractivity contribution is -0.137. The van der Waals surface area contributed by atoms with Gasteiger partial charge in [-0.25, -0.2) is 4.98 Å². The van der Waals surface area contributed by atoms with Crippen LogP contribution in [-0.4, -0.2) is 21.7 Å². The SMILES string of the molecule is FC(F)(F)c1cccc(NCCc2nc(C3CC3)n[nH]2)c1. The molecule has 3 rings (SSSR count). The van der Waals surface area contributed by atoms with Gasteiger partial charge in [-0.1, -0.05) is 6.07 Å². The highest BCUT2D eigenvalue weighted by molar-refractivity contribution is 5.46. The molecule has 4 nitrogen and oxygen atoms in total. The smallest absolute Gasteiger partial charge is 0.385 e. The predicted octanol–water partition coefficient (Wildman–Crippen LogP) is 3.36. The molecule has 0 unspecified atom stereocenters. The summed E-state index contributed by atoms with van der Waals surface area (Å²) in [6, 6.07) is 5.18. The summed E-state index contributed by atoms with van der Waals surface area (Å²) in [5, 5.41) is 9.98. The lowest BCUT2D eigenvalue weighted by Gasteiger charge is -2.10. The first kappa shape index (κ1) is 13.9. The van der Waals surface area contributed by atoms with Gasteiger partial charge in [0, 0.05) is 24.6 Å². The number of rotatable bonds is 5. The molecule has 21 heavy (non-hydrogen) atoms. The van der Waals surface area contributed by atoms with Crippen LogP contribution in [-0.2, 0) is 12.6 Å². The van der Waals surface area contributed by atoms with Gasteiger partial charge >= 0.3 is 6.18 Å². The summed E-state index contributed by atoms with van der Waals surface area (Å²) in [6.07, 6.45) is -1.45. The van der Waals surface area contributed by atoms with Crippen molar-refractivity contribution in [3.05, 3.63) is 41.5 Å². The Labute approximate surface area is 119 Å². The molecule has 7 heteroatoms. The third-order valence-corrected chi connectivity index (χ3v) is 3.37. The third kappa shape index (κ3) is 3.53. The Morgan fingerprint density at radius 3 is 2.81 bits per heavy atom. The maximum atomic E-state index is 12.6. The largest absolute Gasteiger partial charge is 0.416 e. The van der Waals surface area contributed by atoms with E-state index in [0.29, 0.717) is 24.6 Å². The van der Waals surface area contributed by atoms with E-state index in [0.717, 1.165) is 36.6 Å². The van der Waals surface area contributed by atoms with Crippen molar-refractivity contribution in [3.8, 4) is 0 Å². The van der Waals surface area contributed by atoms with Crippen LogP contribution in [0.4, 0.5) is 18.9 Å². The van der Waals surface area contributed by atoms with Crippen molar-refractivity contribution in [2.45, 2.75) is 31.4 Å². The van der Waals surface area contributed by atoms with E-state index in [1.807, 2.05) is 0 Å². The molecular formula is C14H15F3N4. The molecule has 1 aromatic carbocycles. The Kier molecular flexibility index (Phi) is 3.57. The molecule has 0 atom stereocenters. The molecule has 0 aliphatic heterocycles. The fourth-order valence-electron chi connectivity index (χ4n) is 2.08. The molecule has 0 bridgehead atoms. The minimum Gasteiger partial charge on any atom is -0.385 e. The Hall–Kier alpha value is -2.05. The fourth-order valence-corrected chi connectivity index (χ4v) is 2.08. The third-order valence-electron chi connectivity index (χ3n) is 3.37. The Balaban J connectivity index is 1.54. The first-order valence-electron chi connectivity index (χ1n) is 6.85. The van der Waals surface area contributed by atoms with E-state index < -0.39 is 11.7 Å². The summed E-state index contributed by atoms with van der Waals surface area (Å²) in [6.45, 7) is 0.501. The van der Waals surface area contributed by atoms with Gasteiger partial charge in [-0.05, 0) is 31.0 Å². The molecule has 0 radical (unpaired) electrons. The lowest BCUT2D eigenvalue weighted by Crippen LogP contribution is -2.09. The Bertz CT molecular complexity index is 617. The van der Waals surface area contributed by atoms with Crippen LogP contribution in [0.1, 0.15) is 36.0 Å². The zero-order valence-corrected chi connectivity index (χ0v) is 11.2. The summed E-state index contributed by atoms with van der Waals surface area (Å²) in [4.78, 5) is 4.37. The highest BCUT2D eigenvalue weighted by atomic mass is 19.4. The van der Waals surface area contributed by atoms with Crippen LogP contribution >= 0.6 is 0 Å². The van der Waals surface area contributed by atoms with Gasteiger partial charge < -0.3 is 5.32 Å². The van der Waals surface area contributed by atoms with Gasteiger partial charge in [0.25, 0.3) is 0 Å². The average Bonchev–Trinajstić information content (AvgIpc) is 3.19. The summed E-state index contributed by atoms with van der Waals surface area (Å²) in [7, 11) is 0. The number of aromatic amines is 1. The number of H-pyrrole nitrogens is 1. The van der Waals surface area contributed by atoms with Crippen LogP contribution in [0, 0.1) is 0 Å². The number of hydrogen-bond donors (Lipinski definition) is 2. The highest BCUT2D eigenvalue weighted by Crippen LogP contribution is 2.37. The van der Waals surface area contributed by atoms with E-state index in [9.17, 15) is 13.2 Å². The second-order valence-corrected chi connectivity index (χ2v) is 5.17. The van der Waals surface area contributed by atoms with E-state index in [4.69, 9.17) is 0 Å². The van der Waals surface area contributed by atoms with Gasteiger partial charge in [0.15, 0.2) is 5.82 Å². The number of alkyl halides is 3. The fraction of sp³-hybridized carbons (Fsp3) is 0.429.